The summed E-state index contributed by atoms with van der Waals surface area (Å²) in [6.07, 6.45) is 0.0505. The molecule has 7 N–H and O–H groups in total. The fourth-order valence-electron chi connectivity index (χ4n) is 3.97. The van der Waals surface area contributed by atoms with Crippen molar-refractivity contribution < 1.29 is 10.2 Å². The van der Waals surface area contributed by atoms with Crippen LogP contribution in [0.25, 0.3) is 10.9 Å². The highest BCUT2D eigenvalue weighted by Crippen LogP contribution is 2.28. The summed E-state index contributed by atoms with van der Waals surface area (Å²) in [5.74, 6) is -0.0170. The first-order valence-corrected chi connectivity index (χ1v) is 11.4. The minimum absolute atomic E-state index is 0.0170. The molecule has 0 fully saturated rings. The summed E-state index contributed by atoms with van der Waals surface area (Å²) >= 11 is 0. The van der Waals surface area contributed by atoms with Gasteiger partial charge in [-0.25, -0.2) is 0 Å². The third-order valence-electron chi connectivity index (χ3n) is 5.90. The lowest BCUT2D eigenvalue weighted by Crippen LogP contribution is -2.24. The standard InChI is InChI=1S/C27H30N4O3/c28-23(19-4-2-1-3-5-19)16-30-20-8-6-18(7-9-20)14-15-29-17-25(33)21-10-12-24(32)27-22(21)11-13-26(34)31-27/h1-13,23,25,29-30,32-33H,14-17,28H2,(H,31,34)/t23?,25-/m0/s1. The Kier molecular flexibility index (Phi) is 7.59. The van der Waals surface area contributed by atoms with Crippen molar-refractivity contribution in [2.75, 3.05) is 25.0 Å². The summed E-state index contributed by atoms with van der Waals surface area (Å²) in [5, 5.41) is 27.9. The predicted molar refractivity (Wildman–Crippen MR) is 136 cm³/mol. The van der Waals surface area contributed by atoms with E-state index >= 15 is 0 Å². The van der Waals surface area contributed by atoms with Gasteiger partial charge in [-0.2, -0.15) is 0 Å². The highest BCUT2D eigenvalue weighted by Gasteiger charge is 2.13. The minimum Gasteiger partial charge on any atom is -0.506 e. The largest absolute Gasteiger partial charge is 0.506 e. The number of hydrogen-bond acceptors (Lipinski definition) is 6. The zero-order valence-corrected chi connectivity index (χ0v) is 18.9. The Bertz CT molecular complexity index is 1270. The number of aliphatic hydroxyl groups excluding tert-OH is 1. The second kappa shape index (κ2) is 11.0. The number of aromatic nitrogens is 1. The minimum atomic E-state index is -0.769. The third-order valence-corrected chi connectivity index (χ3v) is 5.90. The number of nitrogens with one attached hydrogen (secondary N) is 3. The first kappa shape index (κ1) is 23.5. The summed E-state index contributed by atoms with van der Waals surface area (Å²) in [7, 11) is 0. The molecule has 2 atom stereocenters. The molecule has 7 nitrogen and oxygen atoms in total. The van der Waals surface area contributed by atoms with Gasteiger partial charge in [0.15, 0.2) is 0 Å². The highest BCUT2D eigenvalue weighted by atomic mass is 16.3. The molecule has 0 saturated heterocycles. The third kappa shape index (κ3) is 5.82. The van der Waals surface area contributed by atoms with E-state index in [1.165, 1.54) is 17.7 Å². The van der Waals surface area contributed by atoms with E-state index in [4.69, 9.17) is 5.73 Å². The average molecular weight is 459 g/mol. The molecule has 176 valence electrons. The van der Waals surface area contributed by atoms with Crippen LogP contribution < -0.4 is 21.9 Å². The molecule has 34 heavy (non-hydrogen) atoms. The first-order chi connectivity index (χ1) is 16.5. The topological polar surface area (TPSA) is 123 Å². The molecular formula is C27H30N4O3. The number of pyridine rings is 1. The Morgan fingerprint density at radius 3 is 2.44 bits per heavy atom. The van der Waals surface area contributed by atoms with Gasteiger partial charge in [0.05, 0.1) is 11.6 Å². The van der Waals surface area contributed by atoms with Gasteiger partial charge in [-0.1, -0.05) is 48.5 Å². The molecule has 1 heterocycles. The molecule has 1 aromatic heterocycles. The molecule has 7 heteroatoms. The molecule has 4 aromatic rings. The van der Waals surface area contributed by atoms with Crippen LogP contribution in [-0.2, 0) is 6.42 Å². The van der Waals surface area contributed by atoms with Gasteiger partial charge in [0.25, 0.3) is 0 Å². The molecule has 0 radical (unpaired) electrons. The van der Waals surface area contributed by atoms with E-state index in [9.17, 15) is 15.0 Å². The van der Waals surface area contributed by atoms with Crippen LogP contribution >= 0.6 is 0 Å². The number of phenols is 1. The lowest BCUT2D eigenvalue weighted by atomic mass is 10.0. The number of aromatic amines is 1. The van der Waals surface area contributed by atoms with E-state index in [-0.39, 0.29) is 17.4 Å². The fraction of sp³-hybridized carbons (Fsp3) is 0.222. The van der Waals surface area contributed by atoms with Crippen LogP contribution in [0.5, 0.6) is 5.75 Å². The molecule has 0 saturated carbocycles. The van der Waals surface area contributed by atoms with Gasteiger partial charge in [0.2, 0.25) is 5.56 Å². The number of aliphatic hydroxyl groups is 1. The Morgan fingerprint density at radius 2 is 1.68 bits per heavy atom. The number of benzene rings is 3. The maximum atomic E-state index is 11.6. The number of nitrogens with two attached hydrogens (primary N) is 1. The van der Waals surface area contributed by atoms with Gasteiger partial charge in [-0.3, -0.25) is 4.79 Å². The summed E-state index contributed by atoms with van der Waals surface area (Å²) in [6.45, 7) is 1.72. The molecule has 0 aliphatic heterocycles. The number of aromatic hydroxyl groups is 1. The van der Waals surface area contributed by atoms with Crippen LogP contribution in [0.4, 0.5) is 5.69 Å². The summed E-state index contributed by atoms with van der Waals surface area (Å²) in [4.78, 5) is 14.2. The van der Waals surface area contributed by atoms with Gasteiger partial charge < -0.3 is 31.6 Å². The first-order valence-electron chi connectivity index (χ1n) is 11.4. The highest BCUT2D eigenvalue weighted by molar-refractivity contribution is 5.87. The van der Waals surface area contributed by atoms with Crippen molar-refractivity contribution in [2.45, 2.75) is 18.6 Å². The number of hydrogen-bond donors (Lipinski definition) is 6. The molecular weight excluding hydrogens is 428 g/mol. The Morgan fingerprint density at radius 1 is 0.912 bits per heavy atom. The maximum Gasteiger partial charge on any atom is 0.248 e. The molecule has 0 spiro atoms. The second-order valence-electron chi connectivity index (χ2n) is 8.35. The number of rotatable bonds is 10. The molecule has 0 bridgehead atoms. The van der Waals surface area contributed by atoms with Gasteiger partial charge in [0, 0.05) is 36.3 Å². The molecule has 3 aromatic carbocycles. The quantitative estimate of drug-likeness (QED) is 0.203. The number of phenolic OH excluding ortho intramolecular Hbond substituents is 1. The van der Waals surface area contributed by atoms with Crippen LogP contribution in [0, 0.1) is 0 Å². The zero-order chi connectivity index (χ0) is 23.9. The number of anilines is 1. The van der Waals surface area contributed by atoms with Crippen molar-refractivity contribution in [3.8, 4) is 5.75 Å². The SMILES string of the molecule is NC(CNc1ccc(CCNC[C@H](O)c2ccc(O)c3[nH]c(=O)ccc23)cc1)c1ccccc1. The van der Waals surface area contributed by atoms with E-state index in [2.05, 4.69) is 27.8 Å². The van der Waals surface area contributed by atoms with Crippen molar-refractivity contribution >= 4 is 16.6 Å². The smallest absolute Gasteiger partial charge is 0.248 e. The number of fused-ring (bicyclic) bond motifs is 1. The van der Waals surface area contributed by atoms with Crippen molar-refractivity contribution in [1.29, 1.82) is 0 Å². The van der Waals surface area contributed by atoms with Crippen LogP contribution in [0.3, 0.4) is 0 Å². The zero-order valence-electron chi connectivity index (χ0n) is 18.9. The van der Waals surface area contributed by atoms with Gasteiger partial charge >= 0.3 is 0 Å². The van der Waals surface area contributed by atoms with E-state index in [1.807, 2.05) is 42.5 Å². The molecule has 4 rings (SSSR count). The van der Waals surface area contributed by atoms with Crippen LogP contribution in [0.1, 0.15) is 28.8 Å². The van der Waals surface area contributed by atoms with E-state index in [1.54, 1.807) is 12.1 Å². The predicted octanol–water partition coefficient (Wildman–Crippen LogP) is 3.21. The second-order valence-corrected chi connectivity index (χ2v) is 8.35. The lowest BCUT2D eigenvalue weighted by Gasteiger charge is -2.16. The molecule has 0 aliphatic rings. The summed E-state index contributed by atoms with van der Waals surface area (Å²) < 4.78 is 0. The maximum absolute atomic E-state index is 11.6. The van der Waals surface area contributed by atoms with Gasteiger partial charge in [-0.15, -0.1) is 0 Å². The molecule has 0 aliphatic carbocycles. The van der Waals surface area contributed by atoms with Crippen LogP contribution in [0.15, 0.2) is 83.7 Å². The van der Waals surface area contributed by atoms with Gasteiger partial charge in [-0.05, 0) is 53.9 Å². The average Bonchev–Trinajstić information content (AvgIpc) is 2.87. The van der Waals surface area contributed by atoms with Crippen molar-refractivity contribution in [3.05, 3.63) is 106 Å². The van der Waals surface area contributed by atoms with Crippen LogP contribution in [0.2, 0.25) is 0 Å². The Labute approximate surface area is 198 Å². The van der Waals surface area contributed by atoms with Crippen molar-refractivity contribution in [3.63, 3.8) is 0 Å². The van der Waals surface area contributed by atoms with Crippen molar-refractivity contribution in [2.24, 2.45) is 5.73 Å². The monoisotopic (exact) mass is 458 g/mol. The van der Waals surface area contributed by atoms with Crippen molar-refractivity contribution in [1.82, 2.24) is 10.3 Å². The fourth-order valence-corrected chi connectivity index (χ4v) is 3.97. The Balaban J connectivity index is 1.24. The number of H-pyrrole nitrogens is 1. The van der Waals surface area contributed by atoms with Gasteiger partial charge in [0.1, 0.15) is 5.75 Å². The van der Waals surface area contributed by atoms with E-state index in [0.29, 0.717) is 36.1 Å². The molecule has 1 unspecified atom stereocenters. The van der Waals surface area contributed by atoms with Crippen LogP contribution in [-0.4, -0.2) is 34.8 Å². The lowest BCUT2D eigenvalue weighted by molar-refractivity contribution is 0.176. The summed E-state index contributed by atoms with van der Waals surface area (Å²) in [6, 6.07) is 24.4. The molecule has 0 amide bonds. The summed E-state index contributed by atoms with van der Waals surface area (Å²) in [5.41, 5.74) is 10.3. The Hall–Kier alpha value is -3.65. The van der Waals surface area contributed by atoms with E-state index < -0.39 is 6.10 Å². The normalized spacial score (nSPS) is 13.0. The van der Waals surface area contributed by atoms with E-state index in [0.717, 1.165) is 17.7 Å².